The number of aromatic nitrogens is 5. The monoisotopic (exact) mass is 341 g/mol. The van der Waals surface area contributed by atoms with Gasteiger partial charge in [-0.1, -0.05) is 0 Å². The molecule has 0 spiro atoms. The number of alkyl halides is 3. The molecule has 10 heteroatoms. The van der Waals surface area contributed by atoms with E-state index in [0.29, 0.717) is 5.56 Å². The molecular weight excluding hydrogens is 331 g/mol. The first-order chi connectivity index (χ1) is 10.7. The van der Waals surface area contributed by atoms with Gasteiger partial charge >= 0.3 is 6.18 Å². The third-order valence-corrected chi connectivity index (χ3v) is 3.75. The maximum Gasteiger partial charge on any atom is 0.417 e. The molecule has 0 aliphatic rings. The fourth-order valence-electron chi connectivity index (χ4n) is 2.26. The van der Waals surface area contributed by atoms with Crippen LogP contribution < -0.4 is 5.56 Å². The summed E-state index contributed by atoms with van der Waals surface area (Å²) >= 11 is 4.94. The Morgan fingerprint density at radius 3 is 2.57 bits per heavy atom. The van der Waals surface area contributed by atoms with Gasteiger partial charge in [0.2, 0.25) is 0 Å². The van der Waals surface area contributed by atoms with E-state index in [1.54, 1.807) is 7.05 Å². The van der Waals surface area contributed by atoms with E-state index < -0.39 is 22.7 Å². The summed E-state index contributed by atoms with van der Waals surface area (Å²) in [5.74, 6) is 0. The number of fused-ring (bicyclic) bond motifs is 1. The van der Waals surface area contributed by atoms with E-state index in [1.807, 2.05) is 0 Å². The van der Waals surface area contributed by atoms with E-state index >= 15 is 0 Å². The van der Waals surface area contributed by atoms with Crippen molar-refractivity contribution in [3.05, 3.63) is 39.1 Å². The first-order valence-corrected chi connectivity index (χ1v) is 6.79. The lowest BCUT2D eigenvalue weighted by Gasteiger charge is -2.13. The maximum absolute atomic E-state index is 13.4. The molecule has 0 aromatic carbocycles. The van der Waals surface area contributed by atoms with Crippen LogP contribution in [-0.2, 0) is 20.3 Å². The molecule has 3 aromatic rings. The van der Waals surface area contributed by atoms with Crippen molar-refractivity contribution in [2.24, 2.45) is 14.1 Å². The normalized spacial score (nSPS) is 12.0. The zero-order valence-electron chi connectivity index (χ0n) is 12.0. The minimum Gasteiger partial charge on any atom is -0.306 e. The van der Waals surface area contributed by atoms with E-state index in [9.17, 15) is 18.0 Å². The SMILES string of the molecule is Cn1cc(-c2cc(C(F)(F)F)c3c(=O)[nH]c(=S)n(C)c3n2)cn1. The van der Waals surface area contributed by atoms with Crippen molar-refractivity contribution in [3.8, 4) is 11.3 Å². The highest BCUT2D eigenvalue weighted by molar-refractivity contribution is 7.71. The molecule has 0 atom stereocenters. The Morgan fingerprint density at radius 2 is 2.00 bits per heavy atom. The number of hydrogen-bond donors (Lipinski definition) is 1. The highest BCUT2D eigenvalue weighted by Crippen LogP contribution is 2.35. The number of aryl methyl sites for hydroxylation is 2. The van der Waals surface area contributed by atoms with Crippen molar-refractivity contribution in [2.75, 3.05) is 0 Å². The average Bonchev–Trinajstić information content (AvgIpc) is 2.89. The lowest BCUT2D eigenvalue weighted by molar-refractivity contribution is -0.136. The van der Waals surface area contributed by atoms with E-state index in [2.05, 4.69) is 15.1 Å². The van der Waals surface area contributed by atoms with Gasteiger partial charge in [0.25, 0.3) is 5.56 Å². The van der Waals surface area contributed by atoms with Crippen LogP contribution in [0.3, 0.4) is 0 Å². The van der Waals surface area contributed by atoms with Gasteiger partial charge in [0.15, 0.2) is 4.77 Å². The summed E-state index contributed by atoms with van der Waals surface area (Å²) in [5.41, 5.74) is -1.64. The molecule has 0 bridgehead atoms. The molecule has 0 saturated carbocycles. The molecule has 3 heterocycles. The second kappa shape index (κ2) is 5.01. The lowest BCUT2D eigenvalue weighted by atomic mass is 10.1. The molecule has 3 aromatic heterocycles. The number of nitrogens with one attached hydrogen (secondary N) is 1. The van der Waals surface area contributed by atoms with Gasteiger partial charge in [-0.2, -0.15) is 18.3 Å². The van der Waals surface area contributed by atoms with Gasteiger partial charge in [-0.3, -0.25) is 14.5 Å². The minimum atomic E-state index is -4.71. The summed E-state index contributed by atoms with van der Waals surface area (Å²) in [5, 5.41) is 3.38. The maximum atomic E-state index is 13.4. The Labute approximate surface area is 132 Å². The summed E-state index contributed by atoms with van der Waals surface area (Å²) in [6.07, 6.45) is -1.77. The van der Waals surface area contributed by atoms with E-state index in [-0.39, 0.29) is 16.1 Å². The highest BCUT2D eigenvalue weighted by atomic mass is 32.1. The van der Waals surface area contributed by atoms with Gasteiger partial charge in [0.1, 0.15) is 5.65 Å². The molecular formula is C13H10F3N5OS. The Bertz CT molecular complexity index is 1030. The van der Waals surface area contributed by atoms with Crippen LogP contribution in [0.4, 0.5) is 13.2 Å². The molecule has 0 amide bonds. The smallest absolute Gasteiger partial charge is 0.306 e. The summed E-state index contributed by atoms with van der Waals surface area (Å²) in [7, 11) is 3.09. The molecule has 120 valence electrons. The first kappa shape index (κ1) is 15.4. The summed E-state index contributed by atoms with van der Waals surface area (Å²) < 4.78 is 42.9. The number of aromatic amines is 1. The zero-order valence-corrected chi connectivity index (χ0v) is 12.8. The van der Waals surface area contributed by atoms with Gasteiger partial charge in [-0.05, 0) is 18.3 Å². The molecule has 0 unspecified atom stereocenters. The van der Waals surface area contributed by atoms with Crippen molar-refractivity contribution in [1.29, 1.82) is 0 Å². The van der Waals surface area contributed by atoms with Crippen LogP contribution >= 0.6 is 12.2 Å². The van der Waals surface area contributed by atoms with Crippen molar-refractivity contribution in [1.82, 2.24) is 24.3 Å². The summed E-state index contributed by atoms with van der Waals surface area (Å²) in [6.45, 7) is 0. The molecule has 0 fully saturated rings. The number of halogens is 3. The van der Waals surface area contributed by atoms with Crippen molar-refractivity contribution < 1.29 is 13.2 Å². The molecule has 0 aliphatic carbocycles. The largest absolute Gasteiger partial charge is 0.417 e. The first-order valence-electron chi connectivity index (χ1n) is 6.39. The molecule has 23 heavy (non-hydrogen) atoms. The third-order valence-electron chi connectivity index (χ3n) is 3.38. The number of rotatable bonds is 1. The van der Waals surface area contributed by atoms with E-state index in [1.165, 1.54) is 28.7 Å². The molecule has 1 N–H and O–H groups in total. The Hall–Kier alpha value is -2.49. The number of pyridine rings is 1. The fourth-order valence-corrected chi connectivity index (χ4v) is 2.44. The van der Waals surface area contributed by atoms with Gasteiger partial charge in [-0.15, -0.1) is 0 Å². The Balaban J connectivity index is 2.50. The summed E-state index contributed by atoms with van der Waals surface area (Å²) in [6, 6.07) is 0.845. The van der Waals surface area contributed by atoms with E-state index in [4.69, 9.17) is 12.2 Å². The van der Waals surface area contributed by atoms with Crippen molar-refractivity contribution >= 4 is 23.3 Å². The topological polar surface area (TPSA) is 68.5 Å². The standard InChI is InChI=1S/C13H10F3N5OS/c1-20-5-6(4-17-20)8-3-7(13(14,15)16)9-10(18-8)21(2)12(23)19-11(9)22/h3-5H,1-2H3,(H,19,22,23). The predicted octanol–water partition coefficient (Wildman–Crippen LogP) is 2.41. The third kappa shape index (κ3) is 2.54. The minimum absolute atomic E-state index is 0.00791. The molecule has 0 aliphatic heterocycles. The van der Waals surface area contributed by atoms with Crippen molar-refractivity contribution in [3.63, 3.8) is 0 Å². The van der Waals surface area contributed by atoms with Gasteiger partial charge < -0.3 is 4.57 Å². The molecule has 0 radical (unpaired) electrons. The van der Waals surface area contributed by atoms with Gasteiger partial charge in [0.05, 0.1) is 22.8 Å². The number of nitrogens with zero attached hydrogens (tertiary/aromatic N) is 4. The van der Waals surface area contributed by atoms with Crippen LogP contribution in [0.5, 0.6) is 0 Å². The van der Waals surface area contributed by atoms with E-state index in [0.717, 1.165) is 6.07 Å². The quantitative estimate of drug-likeness (QED) is 0.690. The Kier molecular flexibility index (Phi) is 3.36. The van der Waals surface area contributed by atoms with Crippen LogP contribution in [0.15, 0.2) is 23.3 Å². The number of H-pyrrole nitrogens is 1. The van der Waals surface area contributed by atoms with Crippen LogP contribution in [0.25, 0.3) is 22.3 Å². The predicted molar refractivity (Wildman–Crippen MR) is 79.4 cm³/mol. The van der Waals surface area contributed by atoms with Gasteiger partial charge in [0, 0.05) is 25.9 Å². The second-order valence-corrected chi connectivity index (χ2v) is 5.36. The van der Waals surface area contributed by atoms with Crippen LogP contribution in [0, 0.1) is 4.77 Å². The second-order valence-electron chi connectivity index (χ2n) is 4.97. The van der Waals surface area contributed by atoms with Crippen LogP contribution in [-0.4, -0.2) is 24.3 Å². The lowest BCUT2D eigenvalue weighted by Crippen LogP contribution is -2.19. The van der Waals surface area contributed by atoms with Crippen LogP contribution in [0.1, 0.15) is 5.56 Å². The highest BCUT2D eigenvalue weighted by Gasteiger charge is 2.35. The number of hydrogen-bond acceptors (Lipinski definition) is 4. The fraction of sp³-hybridized carbons (Fsp3) is 0.231. The van der Waals surface area contributed by atoms with Gasteiger partial charge in [-0.25, -0.2) is 4.98 Å². The Morgan fingerprint density at radius 1 is 1.30 bits per heavy atom. The average molecular weight is 341 g/mol. The van der Waals surface area contributed by atoms with Crippen LogP contribution in [0.2, 0.25) is 0 Å². The molecule has 6 nitrogen and oxygen atoms in total. The molecule has 3 rings (SSSR count). The summed E-state index contributed by atoms with van der Waals surface area (Å²) in [4.78, 5) is 18.4. The van der Waals surface area contributed by atoms with Crippen molar-refractivity contribution in [2.45, 2.75) is 6.18 Å². The molecule has 0 saturated heterocycles. The zero-order chi connectivity index (χ0) is 16.9.